The molecule has 0 radical (unpaired) electrons. The molecule has 0 saturated carbocycles. The van der Waals surface area contributed by atoms with E-state index in [0.29, 0.717) is 17.8 Å². The maximum Gasteiger partial charge on any atom is 0.0201 e. The van der Waals surface area contributed by atoms with Gasteiger partial charge in [0.1, 0.15) is 0 Å². The lowest BCUT2D eigenvalue weighted by atomic mass is 9.94. The quantitative estimate of drug-likeness (QED) is 0.630. The van der Waals surface area contributed by atoms with Crippen LogP contribution in [0.25, 0.3) is 0 Å². The molecule has 0 spiro atoms. The van der Waals surface area contributed by atoms with Crippen LogP contribution in [0.5, 0.6) is 0 Å². The lowest BCUT2D eigenvalue weighted by Crippen LogP contribution is -2.01. The zero-order valence-electron chi connectivity index (χ0n) is 8.58. The molecule has 0 saturated heterocycles. The molecule has 15 heavy (non-hydrogen) atoms. The van der Waals surface area contributed by atoms with Crippen molar-refractivity contribution in [2.24, 2.45) is 17.8 Å². The fourth-order valence-electron chi connectivity index (χ4n) is 2.38. The van der Waals surface area contributed by atoms with Gasteiger partial charge in [-0.15, -0.1) is 0 Å². The van der Waals surface area contributed by atoms with Crippen LogP contribution in [0.1, 0.15) is 0 Å². The minimum atomic E-state index is 0.514. The van der Waals surface area contributed by atoms with Crippen LogP contribution in [0, 0.1) is 17.8 Å². The molecule has 0 N–H and O–H groups in total. The Balaban J connectivity index is 1.78. The standard InChI is InChI=1S/C15H14/c1-2-6-12(5-1)14-9-10-15(11-14)13-7-3-4-8-13/h1-14H. The van der Waals surface area contributed by atoms with Crippen molar-refractivity contribution < 1.29 is 0 Å². The molecule has 0 aliphatic heterocycles. The molecule has 0 heterocycles. The third-order valence-electron chi connectivity index (χ3n) is 3.25. The first-order valence-corrected chi connectivity index (χ1v) is 5.53. The second-order valence-electron chi connectivity index (χ2n) is 4.25. The number of allylic oxidation sites excluding steroid dienone is 12. The van der Waals surface area contributed by atoms with Crippen molar-refractivity contribution in [3.05, 3.63) is 72.4 Å². The molecule has 3 rings (SSSR count). The van der Waals surface area contributed by atoms with Gasteiger partial charge in [-0.05, 0) is 5.57 Å². The molecule has 0 aromatic heterocycles. The monoisotopic (exact) mass is 194 g/mol. The molecule has 74 valence electrons. The van der Waals surface area contributed by atoms with Crippen LogP contribution < -0.4 is 0 Å². The van der Waals surface area contributed by atoms with Crippen molar-refractivity contribution >= 4 is 0 Å². The maximum absolute atomic E-state index is 2.40. The molecule has 0 fully saturated rings. The Hall–Kier alpha value is -1.56. The van der Waals surface area contributed by atoms with Gasteiger partial charge in [0.25, 0.3) is 0 Å². The Kier molecular flexibility index (Phi) is 2.06. The van der Waals surface area contributed by atoms with E-state index >= 15 is 0 Å². The largest absolute Gasteiger partial charge is 0.0767 e. The lowest BCUT2D eigenvalue weighted by Gasteiger charge is -2.10. The van der Waals surface area contributed by atoms with E-state index in [1.54, 1.807) is 0 Å². The van der Waals surface area contributed by atoms with E-state index in [0.717, 1.165) is 0 Å². The predicted octanol–water partition coefficient (Wildman–Crippen LogP) is 3.58. The van der Waals surface area contributed by atoms with Gasteiger partial charge in [0.15, 0.2) is 0 Å². The van der Waals surface area contributed by atoms with E-state index in [1.807, 2.05) is 0 Å². The molecular formula is C15H14. The average molecular weight is 194 g/mol. The molecule has 0 aromatic rings. The minimum Gasteiger partial charge on any atom is -0.0767 e. The normalized spacial score (nSPS) is 28.5. The van der Waals surface area contributed by atoms with Crippen LogP contribution in [-0.4, -0.2) is 0 Å². The molecule has 1 atom stereocenters. The summed E-state index contributed by atoms with van der Waals surface area (Å²) < 4.78 is 0. The molecule has 3 aliphatic rings. The van der Waals surface area contributed by atoms with Crippen molar-refractivity contribution in [2.45, 2.75) is 0 Å². The second-order valence-corrected chi connectivity index (χ2v) is 4.25. The highest BCUT2D eigenvalue weighted by atomic mass is 14.2. The highest BCUT2D eigenvalue weighted by molar-refractivity contribution is 5.41. The Morgan fingerprint density at radius 1 is 0.667 bits per heavy atom. The Labute approximate surface area is 90.7 Å². The van der Waals surface area contributed by atoms with Crippen LogP contribution in [-0.2, 0) is 0 Å². The third-order valence-corrected chi connectivity index (χ3v) is 3.25. The molecule has 0 amide bonds. The van der Waals surface area contributed by atoms with Crippen LogP contribution in [0.4, 0.5) is 0 Å². The SMILES string of the molecule is C1=CC(C2=CC(C3C=CC=C3)C=C2)C=C1. The fraction of sp³-hybridized carbons (Fsp3) is 0.200. The Morgan fingerprint density at radius 3 is 2.07 bits per heavy atom. The van der Waals surface area contributed by atoms with E-state index in [1.165, 1.54) is 5.57 Å². The predicted molar refractivity (Wildman–Crippen MR) is 64.3 cm³/mol. The van der Waals surface area contributed by atoms with Crippen molar-refractivity contribution in [3.63, 3.8) is 0 Å². The summed E-state index contributed by atoms with van der Waals surface area (Å²) >= 11 is 0. The third kappa shape index (κ3) is 1.56. The van der Waals surface area contributed by atoms with E-state index in [2.05, 4.69) is 66.8 Å². The summed E-state index contributed by atoms with van der Waals surface area (Å²) in [4.78, 5) is 0. The summed E-state index contributed by atoms with van der Waals surface area (Å²) in [5.74, 6) is 1.66. The zero-order valence-corrected chi connectivity index (χ0v) is 8.58. The van der Waals surface area contributed by atoms with Gasteiger partial charge < -0.3 is 0 Å². The summed E-state index contributed by atoms with van der Waals surface area (Å²) in [7, 11) is 0. The zero-order chi connectivity index (χ0) is 10.1. The van der Waals surface area contributed by atoms with Gasteiger partial charge in [0, 0.05) is 17.8 Å². The molecule has 0 nitrogen and oxygen atoms in total. The smallest absolute Gasteiger partial charge is 0.0201 e. The van der Waals surface area contributed by atoms with E-state index in [9.17, 15) is 0 Å². The van der Waals surface area contributed by atoms with Gasteiger partial charge in [-0.25, -0.2) is 0 Å². The van der Waals surface area contributed by atoms with Crippen molar-refractivity contribution in [2.75, 3.05) is 0 Å². The first-order chi connectivity index (χ1) is 7.43. The van der Waals surface area contributed by atoms with Crippen LogP contribution in [0.15, 0.2) is 72.4 Å². The van der Waals surface area contributed by atoms with Crippen molar-refractivity contribution in [3.8, 4) is 0 Å². The fourth-order valence-corrected chi connectivity index (χ4v) is 2.38. The first-order valence-electron chi connectivity index (χ1n) is 5.53. The molecule has 1 unspecified atom stereocenters. The van der Waals surface area contributed by atoms with Crippen molar-refractivity contribution in [1.29, 1.82) is 0 Å². The van der Waals surface area contributed by atoms with Gasteiger partial charge in [-0.2, -0.15) is 0 Å². The first kappa shape index (κ1) is 8.72. The highest BCUT2D eigenvalue weighted by Crippen LogP contribution is 2.32. The topological polar surface area (TPSA) is 0 Å². The summed E-state index contributed by atoms with van der Waals surface area (Å²) in [6.45, 7) is 0. The van der Waals surface area contributed by atoms with Crippen molar-refractivity contribution in [1.82, 2.24) is 0 Å². The van der Waals surface area contributed by atoms with Gasteiger partial charge in [0.2, 0.25) is 0 Å². The molecular weight excluding hydrogens is 180 g/mol. The summed E-state index contributed by atoms with van der Waals surface area (Å²) in [6, 6.07) is 0. The second kappa shape index (κ2) is 3.54. The Morgan fingerprint density at radius 2 is 1.33 bits per heavy atom. The van der Waals surface area contributed by atoms with E-state index in [4.69, 9.17) is 0 Å². The van der Waals surface area contributed by atoms with Gasteiger partial charge in [-0.1, -0.05) is 66.8 Å². The Bertz CT molecular complexity index is 403. The lowest BCUT2D eigenvalue weighted by molar-refractivity contribution is 0.688. The number of hydrogen-bond acceptors (Lipinski definition) is 0. The van der Waals surface area contributed by atoms with Gasteiger partial charge >= 0.3 is 0 Å². The van der Waals surface area contributed by atoms with E-state index in [-0.39, 0.29) is 0 Å². The average Bonchev–Trinajstić information content (AvgIpc) is 3.02. The summed E-state index contributed by atoms with van der Waals surface area (Å²) in [5, 5.41) is 0. The maximum atomic E-state index is 2.40. The molecule has 0 aromatic carbocycles. The molecule has 3 aliphatic carbocycles. The van der Waals surface area contributed by atoms with Crippen LogP contribution >= 0.6 is 0 Å². The minimum absolute atomic E-state index is 0.514. The van der Waals surface area contributed by atoms with E-state index < -0.39 is 0 Å². The van der Waals surface area contributed by atoms with Crippen LogP contribution in [0.3, 0.4) is 0 Å². The molecule has 0 bridgehead atoms. The number of hydrogen-bond donors (Lipinski definition) is 0. The molecule has 0 heteroatoms. The van der Waals surface area contributed by atoms with Gasteiger partial charge in [0.05, 0.1) is 0 Å². The number of rotatable bonds is 2. The summed E-state index contributed by atoms with van der Waals surface area (Å²) in [6.07, 6.45) is 24.6. The van der Waals surface area contributed by atoms with Gasteiger partial charge in [-0.3, -0.25) is 0 Å². The van der Waals surface area contributed by atoms with Crippen LogP contribution in [0.2, 0.25) is 0 Å². The highest BCUT2D eigenvalue weighted by Gasteiger charge is 2.20. The summed E-state index contributed by atoms with van der Waals surface area (Å²) in [5.41, 5.74) is 1.44.